The van der Waals surface area contributed by atoms with Gasteiger partial charge in [0.1, 0.15) is 0 Å². The smallest absolute Gasteiger partial charge is 0.0900 e. The van der Waals surface area contributed by atoms with Crippen molar-refractivity contribution in [1.29, 1.82) is 0 Å². The minimum atomic E-state index is 0.438. The van der Waals surface area contributed by atoms with Gasteiger partial charge in [0.15, 0.2) is 0 Å². The number of rotatable bonds is 6. The van der Waals surface area contributed by atoms with Crippen molar-refractivity contribution in [2.24, 2.45) is 0 Å². The third-order valence-electron chi connectivity index (χ3n) is 4.23. The van der Waals surface area contributed by atoms with Gasteiger partial charge in [-0.3, -0.25) is 0 Å². The first-order valence-electron chi connectivity index (χ1n) is 8.02. The number of aromatic nitrogens is 1. The average molecular weight is 295 g/mol. The molecule has 114 valence electrons. The van der Waals surface area contributed by atoms with Crippen LogP contribution in [-0.2, 0) is 0 Å². The average Bonchev–Trinajstić information content (AvgIpc) is 2.77. The Kier molecular flexibility index (Phi) is 6.00. The Balaban J connectivity index is 1.79. The number of aryl methyl sites for hydroxylation is 2. The van der Waals surface area contributed by atoms with Gasteiger partial charge in [0.05, 0.1) is 10.7 Å². The second-order valence-corrected chi connectivity index (χ2v) is 7.28. The molecule has 1 aliphatic rings. The zero-order valence-electron chi connectivity index (χ0n) is 13.4. The molecule has 1 saturated heterocycles. The summed E-state index contributed by atoms with van der Waals surface area (Å²) in [5.41, 5.74) is 1.20. The molecule has 0 radical (unpaired) electrons. The zero-order valence-corrected chi connectivity index (χ0v) is 14.2. The summed E-state index contributed by atoms with van der Waals surface area (Å²) in [5, 5.41) is 4.99. The molecule has 1 unspecified atom stereocenters. The maximum absolute atomic E-state index is 4.54. The summed E-state index contributed by atoms with van der Waals surface area (Å²) in [6.07, 6.45) is 5.21. The van der Waals surface area contributed by atoms with Crippen molar-refractivity contribution < 1.29 is 0 Å². The Morgan fingerprint density at radius 2 is 2.05 bits per heavy atom. The van der Waals surface area contributed by atoms with Gasteiger partial charge >= 0.3 is 0 Å². The van der Waals surface area contributed by atoms with E-state index in [0.717, 1.165) is 0 Å². The molecule has 2 heterocycles. The highest BCUT2D eigenvalue weighted by molar-refractivity contribution is 7.11. The van der Waals surface area contributed by atoms with Gasteiger partial charge in [0.25, 0.3) is 0 Å². The maximum Gasteiger partial charge on any atom is 0.0900 e. The van der Waals surface area contributed by atoms with Gasteiger partial charge in [-0.05, 0) is 59.7 Å². The Bertz CT molecular complexity index is 408. The van der Waals surface area contributed by atoms with Crippen molar-refractivity contribution in [2.45, 2.75) is 65.5 Å². The van der Waals surface area contributed by atoms with E-state index < -0.39 is 0 Å². The molecule has 4 heteroatoms. The summed E-state index contributed by atoms with van der Waals surface area (Å²) in [7, 11) is 0. The van der Waals surface area contributed by atoms with Crippen LogP contribution in [0, 0.1) is 13.8 Å². The number of nitrogens with one attached hydrogen (secondary N) is 1. The van der Waals surface area contributed by atoms with Crippen molar-refractivity contribution in [2.75, 3.05) is 19.6 Å². The molecule has 0 bridgehead atoms. The van der Waals surface area contributed by atoms with E-state index in [1.165, 1.54) is 60.9 Å². The summed E-state index contributed by atoms with van der Waals surface area (Å²) in [6.45, 7) is 12.6. The number of nitrogens with zero attached hydrogens (tertiary/aromatic N) is 2. The van der Waals surface area contributed by atoms with Crippen molar-refractivity contribution in [3.05, 3.63) is 15.6 Å². The van der Waals surface area contributed by atoms with Crippen LogP contribution >= 0.6 is 11.3 Å². The Morgan fingerprint density at radius 3 is 2.60 bits per heavy atom. The second kappa shape index (κ2) is 7.53. The Labute approximate surface area is 127 Å². The third-order valence-corrected chi connectivity index (χ3v) is 5.49. The number of unbranched alkanes of at least 4 members (excludes halogenated alkanes) is 1. The van der Waals surface area contributed by atoms with Crippen LogP contribution in [0.3, 0.4) is 0 Å². The van der Waals surface area contributed by atoms with E-state index in [9.17, 15) is 0 Å². The lowest BCUT2D eigenvalue weighted by atomic mass is 10.0. The molecule has 20 heavy (non-hydrogen) atoms. The number of hydrogen-bond acceptors (Lipinski definition) is 4. The summed E-state index contributed by atoms with van der Waals surface area (Å²) in [5.74, 6) is 0. The van der Waals surface area contributed by atoms with E-state index in [0.29, 0.717) is 12.1 Å². The molecule has 0 aliphatic carbocycles. The van der Waals surface area contributed by atoms with Crippen molar-refractivity contribution in [3.63, 3.8) is 0 Å². The largest absolute Gasteiger partial charge is 0.307 e. The molecular weight excluding hydrogens is 266 g/mol. The fraction of sp³-hybridized carbons (Fsp3) is 0.812. The molecule has 1 fully saturated rings. The van der Waals surface area contributed by atoms with Gasteiger partial charge in [0, 0.05) is 17.0 Å². The summed E-state index contributed by atoms with van der Waals surface area (Å²) in [6, 6.07) is 1.11. The minimum Gasteiger partial charge on any atom is -0.307 e. The van der Waals surface area contributed by atoms with Crippen molar-refractivity contribution in [1.82, 2.24) is 15.2 Å². The van der Waals surface area contributed by atoms with E-state index in [1.807, 2.05) is 11.3 Å². The first kappa shape index (κ1) is 15.9. The van der Waals surface area contributed by atoms with Crippen LogP contribution in [-0.4, -0.2) is 35.6 Å². The number of thiazole rings is 1. The first-order chi connectivity index (χ1) is 9.60. The molecule has 1 N–H and O–H groups in total. The molecule has 0 saturated carbocycles. The van der Waals surface area contributed by atoms with Crippen LogP contribution in [0.1, 0.15) is 61.2 Å². The SMILES string of the molecule is CCCCN1CCC(NC(C)c2sc(C)nc2C)CC1. The van der Waals surface area contributed by atoms with Gasteiger partial charge < -0.3 is 10.2 Å². The first-order valence-corrected chi connectivity index (χ1v) is 8.84. The van der Waals surface area contributed by atoms with Gasteiger partial charge in [-0.15, -0.1) is 11.3 Å². The van der Waals surface area contributed by atoms with Crippen molar-refractivity contribution >= 4 is 11.3 Å². The molecule has 2 rings (SSSR count). The minimum absolute atomic E-state index is 0.438. The topological polar surface area (TPSA) is 28.2 Å². The molecule has 0 aromatic carbocycles. The molecule has 1 aliphatic heterocycles. The molecule has 1 atom stereocenters. The normalized spacial score (nSPS) is 19.4. The lowest BCUT2D eigenvalue weighted by molar-refractivity contribution is 0.190. The highest BCUT2D eigenvalue weighted by atomic mass is 32.1. The van der Waals surface area contributed by atoms with Crippen molar-refractivity contribution in [3.8, 4) is 0 Å². The molecule has 0 amide bonds. The van der Waals surface area contributed by atoms with Crippen LogP contribution in [0.25, 0.3) is 0 Å². The lowest BCUT2D eigenvalue weighted by Gasteiger charge is -2.33. The summed E-state index contributed by atoms with van der Waals surface area (Å²) < 4.78 is 0. The third kappa shape index (κ3) is 4.27. The molecule has 3 nitrogen and oxygen atoms in total. The zero-order chi connectivity index (χ0) is 14.5. The quantitative estimate of drug-likeness (QED) is 0.868. The van der Waals surface area contributed by atoms with E-state index >= 15 is 0 Å². The van der Waals surface area contributed by atoms with E-state index in [4.69, 9.17) is 0 Å². The highest BCUT2D eigenvalue weighted by Gasteiger charge is 2.22. The number of hydrogen-bond donors (Lipinski definition) is 1. The predicted molar refractivity (Wildman–Crippen MR) is 87.5 cm³/mol. The van der Waals surface area contributed by atoms with Gasteiger partial charge in [-0.25, -0.2) is 4.98 Å². The number of piperidine rings is 1. The van der Waals surface area contributed by atoms with Gasteiger partial charge in [-0.2, -0.15) is 0 Å². The van der Waals surface area contributed by atoms with Crippen LogP contribution in [0.2, 0.25) is 0 Å². The monoisotopic (exact) mass is 295 g/mol. The van der Waals surface area contributed by atoms with Crippen LogP contribution < -0.4 is 5.32 Å². The lowest BCUT2D eigenvalue weighted by Crippen LogP contribution is -2.43. The van der Waals surface area contributed by atoms with Crippen LogP contribution in [0.15, 0.2) is 0 Å². The van der Waals surface area contributed by atoms with Gasteiger partial charge in [0.2, 0.25) is 0 Å². The van der Waals surface area contributed by atoms with Crippen LogP contribution in [0.4, 0.5) is 0 Å². The summed E-state index contributed by atoms with van der Waals surface area (Å²) in [4.78, 5) is 8.57. The van der Waals surface area contributed by atoms with Gasteiger partial charge in [-0.1, -0.05) is 13.3 Å². The number of likely N-dealkylation sites (tertiary alicyclic amines) is 1. The second-order valence-electron chi connectivity index (χ2n) is 6.04. The molecule has 1 aromatic rings. The molecular formula is C16H29N3S. The fourth-order valence-corrected chi connectivity index (χ4v) is 4.02. The Morgan fingerprint density at radius 1 is 1.35 bits per heavy atom. The summed E-state index contributed by atoms with van der Waals surface area (Å²) >= 11 is 1.84. The molecule has 0 spiro atoms. The highest BCUT2D eigenvalue weighted by Crippen LogP contribution is 2.26. The van der Waals surface area contributed by atoms with E-state index in [1.54, 1.807) is 0 Å². The maximum atomic E-state index is 4.54. The predicted octanol–water partition coefficient (Wildman–Crippen LogP) is 3.68. The standard InChI is InChI=1S/C16H29N3S/c1-5-6-9-19-10-7-15(8-11-19)18-13(3)16-12(2)17-14(4)20-16/h13,15,18H,5-11H2,1-4H3. The Hall–Kier alpha value is -0.450. The van der Waals surface area contributed by atoms with E-state index in [-0.39, 0.29) is 0 Å². The fourth-order valence-electron chi connectivity index (χ4n) is 3.08. The molecule has 1 aromatic heterocycles. The van der Waals surface area contributed by atoms with E-state index in [2.05, 4.69) is 42.9 Å². The van der Waals surface area contributed by atoms with Crippen LogP contribution in [0.5, 0.6) is 0 Å².